The van der Waals surface area contributed by atoms with Crippen LogP contribution >= 0.6 is 39.5 Å². The molecule has 0 radical (unpaired) electrons. The van der Waals surface area contributed by atoms with Crippen molar-refractivity contribution in [3.63, 3.8) is 0 Å². The van der Waals surface area contributed by atoms with Crippen molar-refractivity contribution in [1.29, 1.82) is 0 Å². The third-order valence-corrected chi connectivity index (χ3v) is 1.99. The van der Waals surface area contributed by atoms with Crippen molar-refractivity contribution in [2.45, 2.75) is 0 Å². The van der Waals surface area contributed by atoms with E-state index in [2.05, 4.69) is 26.7 Å². The van der Waals surface area contributed by atoms with Gasteiger partial charge in [-0.1, -0.05) is 15.9 Å². The fourth-order valence-electron chi connectivity index (χ4n) is 0.769. The van der Waals surface area contributed by atoms with Crippen molar-refractivity contribution in [2.75, 3.05) is 5.32 Å². The molecule has 76 valence electrons. The second kappa shape index (κ2) is 5.41. The molecule has 0 saturated heterocycles. The van der Waals surface area contributed by atoms with Crippen LogP contribution in [0.3, 0.4) is 0 Å². The van der Waals surface area contributed by atoms with Crippen molar-refractivity contribution in [3.8, 4) is 0 Å². The lowest BCUT2D eigenvalue weighted by atomic mass is 10.3. The number of carbonyl (C=O) groups excluding carboxylic acids is 1. The molecule has 0 fully saturated rings. The van der Waals surface area contributed by atoms with Crippen molar-refractivity contribution in [2.24, 2.45) is 0 Å². The summed E-state index contributed by atoms with van der Waals surface area (Å²) in [4.78, 5) is 11.1. The van der Waals surface area contributed by atoms with Crippen LogP contribution in [0.1, 0.15) is 0 Å². The maximum absolute atomic E-state index is 11.1. The smallest absolute Gasteiger partial charge is 0.307 e. The van der Waals surface area contributed by atoms with Crippen molar-refractivity contribution < 1.29 is 4.79 Å². The van der Waals surface area contributed by atoms with Crippen LogP contribution in [0.5, 0.6) is 0 Å². The van der Waals surface area contributed by atoms with Gasteiger partial charge in [0.2, 0.25) is 0 Å². The summed E-state index contributed by atoms with van der Waals surface area (Å²) in [5.41, 5.74) is 2.75. The number of nitrogens with one attached hydrogen (secondary N) is 2. The van der Waals surface area contributed by atoms with Crippen LogP contribution < -0.4 is 10.7 Å². The average Bonchev–Trinajstić information content (AvgIpc) is 2.07. The van der Waals surface area contributed by atoms with E-state index in [1.807, 2.05) is 0 Å². The number of hydrogen-bond acceptors (Lipinski definition) is 2. The zero-order valence-electron chi connectivity index (χ0n) is 6.80. The Kier molecular flexibility index (Phi) is 4.47. The monoisotopic (exact) mass is 297 g/mol. The van der Waals surface area contributed by atoms with Gasteiger partial charge < -0.3 is 5.32 Å². The van der Waals surface area contributed by atoms with E-state index >= 15 is 0 Å². The predicted octanol–water partition coefficient (Wildman–Crippen LogP) is 3.10. The first-order chi connectivity index (χ1) is 6.58. The van der Waals surface area contributed by atoms with E-state index in [4.69, 9.17) is 23.6 Å². The van der Waals surface area contributed by atoms with E-state index in [1.165, 1.54) is 0 Å². The number of rotatable bonds is 2. The minimum Gasteiger partial charge on any atom is -0.307 e. The number of benzene rings is 1. The highest BCUT2D eigenvalue weighted by Gasteiger charge is 2.03. The topological polar surface area (TPSA) is 44.4 Å². The number of carbonyl (C=O) groups is 1. The van der Waals surface area contributed by atoms with E-state index in [0.29, 0.717) is 9.73 Å². The normalized spacial score (nSPS) is 10.0. The molecule has 0 aromatic heterocycles. The van der Waals surface area contributed by atoms with Gasteiger partial charge in [-0.05, 0) is 28.3 Å². The van der Waals surface area contributed by atoms with Gasteiger partial charge in [0.15, 0.2) is 0 Å². The summed E-state index contributed by atoms with van der Waals surface area (Å²) in [6, 6.07) is 6.55. The Morgan fingerprint density at radius 2 is 1.86 bits per heavy atom. The SMILES string of the molecule is O=C(Nc1ccc(Br)cc1)NN(Cl)Cl. The minimum absolute atomic E-state index is 0.516. The van der Waals surface area contributed by atoms with Crippen LogP contribution in [0.2, 0.25) is 0 Å². The number of amides is 2. The summed E-state index contributed by atoms with van der Waals surface area (Å²) in [5.74, 6) is 0. The molecule has 1 aromatic carbocycles. The average molecular weight is 299 g/mol. The van der Waals surface area contributed by atoms with Gasteiger partial charge >= 0.3 is 6.03 Å². The molecule has 1 aromatic rings. The number of hydrogen-bond donors (Lipinski definition) is 2. The van der Waals surface area contributed by atoms with Crippen LogP contribution in [0, 0.1) is 0 Å². The van der Waals surface area contributed by atoms with Crippen molar-refractivity contribution in [3.05, 3.63) is 28.7 Å². The molecule has 2 amide bonds. The first kappa shape index (κ1) is 11.6. The molecule has 4 nitrogen and oxygen atoms in total. The highest BCUT2D eigenvalue weighted by Crippen LogP contribution is 2.13. The number of halogens is 3. The Morgan fingerprint density at radius 1 is 1.29 bits per heavy atom. The summed E-state index contributed by atoms with van der Waals surface area (Å²) in [7, 11) is 0. The van der Waals surface area contributed by atoms with Crippen LogP contribution in [0.25, 0.3) is 0 Å². The minimum atomic E-state index is -0.516. The molecule has 0 aliphatic rings. The number of nitrogens with zero attached hydrogens (tertiary/aromatic N) is 1. The van der Waals surface area contributed by atoms with Gasteiger partial charge in [-0.3, -0.25) is 0 Å². The highest BCUT2D eigenvalue weighted by molar-refractivity contribution is 9.10. The zero-order chi connectivity index (χ0) is 10.6. The molecule has 0 unspecified atom stereocenters. The molecule has 7 heteroatoms. The second-order valence-corrected chi connectivity index (χ2v) is 4.07. The maximum atomic E-state index is 11.1. The van der Waals surface area contributed by atoms with Gasteiger partial charge in [0.1, 0.15) is 0 Å². The molecular weight excluding hydrogens is 293 g/mol. The van der Waals surface area contributed by atoms with E-state index < -0.39 is 6.03 Å². The molecule has 0 aliphatic heterocycles. The molecule has 1 rings (SSSR count). The molecule has 0 saturated carbocycles. The molecule has 0 bridgehead atoms. The second-order valence-electron chi connectivity index (χ2n) is 2.31. The number of urea groups is 1. The Balaban J connectivity index is 2.52. The summed E-state index contributed by atoms with van der Waals surface area (Å²) in [6.45, 7) is 0. The zero-order valence-corrected chi connectivity index (χ0v) is 9.90. The molecule has 0 aliphatic carbocycles. The van der Waals surface area contributed by atoms with Crippen LogP contribution in [0.15, 0.2) is 28.7 Å². The van der Waals surface area contributed by atoms with Gasteiger partial charge in [-0.2, -0.15) is 0 Å². The van der Waals surface area contributed by atoms with E-state index in [1.54, 1.807) is 24.3 Å². The molecular formula is C7H6BrCl2N3O. The van der Waals surface area contributed by atoms with Crippen LogP contribution in [-0.4, -0.2) is 10.1 Å². The fraction of sp³-hybridized carbons (Fsp3) is 0. The Bertz CT molecular complexity index is 317. The quantitative estimate of drug-likeness (QED) is 0.651. The van der Waals surface area contributed by atoms with Gasteiger partial charge in [0.25, 0.3) is 0 Å². The highest BCUT2D eigenvalue weighted by atomic mass is 79.9. The first-order valence-corrected chi connectivity index (χ1v) is 5.00. The van der Waals surface area contributed by atoms with Gasteiger partial charge in [-0.15, -0.1) is 0 Å². The van der Waals surface area contributed by atoms with E-state index in [0.717, 1.165) is 4.47 Å². The lowest BCUT2D eigenvalue weighted by Crippen LogP contribution is -2.33. The lowest BCUT2D eigenvalue weighted by Gasteiger charge is -2.08. The van der Waals surface area contributed by atoms with Crippen LogP contribution in [0.4, 0.5) is 10.5 Å². The maximum Gasteiger partial charge on any atom is 0.335 e. The summed E-state index contributed by atoms with van der Waals surface area (Å²) >= 11 is 13.6. The third-order valence-electron chi connectivity index (χ3n) is 1.29. The molecule has 14 heavy (non-hydrogen) atoms. The predicted molar refractivity (Wildman–Crippen MR) is 59.8 cm³/mol. The number of anilines is 1. The molecule has 0 atom stereocenters. The number of hydrazine groups is 1. The van der Waals surface area contributed by atoms with Crippen molar-refractivity contribution in [1.82, 2.24) is 9.47 Å². The Labute approximate surface area is 99.5 Å². The van der Waals surface area contributed by atoms with Gasteiger partial charge in [-0.25, -0.2) is 10.2 Å². The standard InChI is InChI=1S/C7H6BrCl2N3O/c8-5-1-3-6(4-2-5)11-7(14)12-13(9)10/h1-4H,(H2,11,12,14). The first-order valence-electron chi connectivity index (χ1n) is 3.53. The largest absolute Gasteiger partial charge is 0.335 e. The Morgan fingerprint density at radius 3 is 2.36 bits per heavy atom. The molecule has 0 spiro atoms. The Hall–Kier alpha value is -0.490. The summed E-state index contributed by atoms with van der Waals surface area (Å²) in [5, 5.41) is 2.52. The molecule has 0 heterocycles. The van der Waals surface area contributed by atoms with Crippen LogP contribution in [-0.2, 0) is 0 Å². The lowest BCUT2D eigenvalue weighted by molar-refractivity contribution is 0.245. The van der Waals surface area contributed by atoms with E-state index in [9.17, 15) is 4.79 Å². The summed E-state index contributed by atoms with van der Waals surface area (Å²) < 4.78 is 1.45. The molecule has 2 N–H and O–H groups in total. The van der Waals surface area contributed by atoms with E-state index in [-0.39, 0.29) is 0 Å². The van der Waals surface area contributed by atoms with Gasteiger partial charge in [0.05, 0.1) is 0 Å². The van der Waals surface area contributed by atoms with Crippen molar-refractivity contribution >= 4 is 51.2 Å². The summed E-state index contributed by atoms with van der Waals surface area (Å²) in [6.07, 6.45) is 0. The van der Waals surface area contributed by atoms with Gasteiger partial charge in [0, 0.05) is 33.7 Å². The fourth-order valence-corrected chi connectivity index (χ4v) is 1.19. The third kappa shape index (κ3) is 4.15.